The Kier molecular flexibility index (Phi) is 13.6. The second-order valence-corrected chi connectivity index (χ2v) is 16.3. The predicted octanol–water partition coefficient (Wildman–Crippen LogP) is 6.19. The number of ether oxygens (including phenoxy) is 2. The van der Waals surface area contributed by atoms with E-state index in [1.54, 1.807) is 33.4 Å². The minimum absolute atomic E-state index is 0.0450. The zero-order chi connectivity index (χ0) is 31.8. The number of likely N-dealkylation sites (tertiary alicyclic amines) is 1. The molecule has 1 saturated heterocycles. The van der Waals surface area contributed by atoms with E-state index in [4.69, 9.17) is 18.5 Å². The van der Waals surface area contributed by atoms with Gasteiger partial charge >= 0.3 is 13.7 Å². The van der Waals surface area contributed by atoms with Gasteiger partial charge in [0.25, 0.3) is 0 Å². The van der Waals surface area contributed by atoms with Crippen LogP contribution in [0.3, 0.4) is 0 Å². The predicted molar refractivity (Wildman–Crippen MR) is 174 cm³/mol. The van der Waals surface area contributed by atoms with Crippen LogP contribution in [0.2, 0.25) is 0 Å². The summed E-state index contributed by atoms with van der Waals surface area (Å²) in [6, 6.07) is -0.313. The summed E-state index contributed by atoms with van der Waals surface area (Å²) in [6.45, 7) is 14.5. The summed E-state index contributed by atoms with van der Waals surface area (Å²) in [5.74, 6) is 2.98. The third kappa shape index (κ3) is 10.0. The van der Waals surface area contributed by atoms with Crippen LogP contribution >= 0.6 is 29.2 Å². The first-order chi connectivity index (χ1) is 20.3. The number of fused-ring (bicyclic) bond motifs is 1. The monoisotopic (exact) mass is 660 g/mol. The van der Waals surface area contributed by atoms with Gasteiger partial charge in [0.1, 0.15) is 17.1 Å². The molecule has 1 aromatic carbocycles. The van der Waals surface area contributed by atoms with Crippen molar-refractivity contribution in [2.45, 2.75) is 97.8 Å². The van der Waals surface area contributed by atoms with Gasteiger partial charge in [-0.2, -0.15) is 0 Å². The van der Waals surface area contributed by atoms with Crippen molar-refractivity contribution in [1.29, 1.82) is 0 Å². The number of benzene rings is 1. The molecular formula is C30H49N2O8PS2. The van der Waals surface area contributed by atoms with Gasteiger partial charge in [-0.25, -0.2) is 4.79 Å². The lowest BCUT2D eigenvalue weighted by molar-refractivity contribution is -0.132. The second kappa shape index (κ2) is 16.2. The average molecular weight is 661 g/mol. The van der Waals surface area contributed by atoms with Crippen LogP contribution in [0, 0.1) is 20.8 Å². The molecule has 1 aromatic rings. The average Bonchev–Trinajstić information content (AvgIpc) is 3.34. The highest BCUT2D eigenvalue weighted by atomic mass is 33.1. The quantitative estimate of drug-likeness (QED) is 0.128. The van der Waals surface area contributed by atoms with Gasteiger partial charge in [0.05, 0.1) is 25.4 Å². The second-order valence-electron chi connectivity index (χ2n) is 11.6. The van der Waals surface area contributed by atoms with Crippen LogP contribution in [0.15, 0.2) is 0 Å². The van der Waals surface area contributed by atoms with Gasteiger partial charge in [0.15, 0.2) is 0 Å². The van der Waals surface area contributed by atoms with Gasteiger partial charge in [0.2, 0.25) is 5.91 Å². The van der Waals surface area contributed by atoms with E-state index >= 15 is 0 Å². The van der Waals surface area contributed by atoms with E-state index in [0.717, 1.165) is 53.0 Å². The van der Waals surface area contributed by atoms with E-state index in [0.29, 0.717) is 37.3 Å². The third-order valence-electron chi connectivity index (χ3n) is 8.24. The van der Waals surface area contributed by atoms with Crippen molar-refractivity contribution in [2.75, 3.05) is 44.5 Å². The summed E-state index contributed by atoms with van der Waals surface area (Å²) >= 11 is 0. The number of carbonyl (C=O) groups is 2. The first-order valence-corrected chi connectivity index (χ1v) is 19.6. The number of carbonyl (C=O) groups excluding carboxylic acids is 2. The van der Waals surface area contributed by atoms with Gasteiger partial charge in [0, 0.05) is 43.2 Å². The smallest absolute Gasteiger partial charge is 0.412 e. The van der Waals surface area contributed by atoms with Crippen molar-refractivity contribution >= 4 is 41.2 Å². The lowest BCUT2D eigenvalue weighted by Gasteiger charge is -2.37. The first kappa shape index (κ1) is 36.0. The van der Waals surface area contributed by atoms with Crippen LogP contribution in [0.5, 0.6) is 11.5 Å². The van der Waals surface area contributed by atoms with E-state index in [1.807, 2.05) is 20.8 Å². The maximum Gasteiger partial charge on any atom is 0.412 e. The molecule has 43 heavy (non-hydrogen) atoms. The van der Waals surface area contributed by atoms with Crippen LogP contribution in [0.4, 0.5) is 4.79 Å². The molecule has 0 saturated carbocycles. The Labute approximate surface area is 264 Å². The molecule has 2 N–H and O–H groups in total. The highest BCUT2D eigenvalue weighted by Crippen LogP contribution is 2.45. The molecule has 3 rings (SSSR count). The van der Waals surface area contributed by atoms with Crippen LogP contribution in [0.25, 0.3) is 0 Å². The topological polar surface area (TPSA) is 124 Å². The molecule has 2 heterocycles. The van der Waals surface area contributed by atoms with Gasteiger partial charge in [-0.3, -0.25) is 9.36 Å². The Morgan fingerprint density at radius 1 is 1.14 bits per heavy atom. The number of nitrogens with one attached hydrogen (secondary N) is 1. The summed E-state index contributed by atoms with van der Waals surface area (Å²) in [6.07, 6.45) is 3.14. The number of β-amino-alcohol motifs (C(OH)–C–C–N with tert-alkyl or cyclic N) is 1. The molecule has 0 bridgehead atoms. The van der Waals surface area contributed by atoms with Crippen LogP contribution < -0.4 is 14.8 Å². The minimum Gasteiger partial charge on any atom is -0.487 e. The number of nitrogens with zero attached hydrogens (tertiary/aromatic N) is 1. The van der Waals surface area contributed by atoms with E-state index in [9.17, 15) is 19.3 Å². The summed E-state index contributed by atoms with van der Waals surface area (Å²) in [4.78, 5) is 27.0. The number of amides is 2. The zero-order valence-electron chi connectivity index (χ0n) is 26.7. The summed E-state index contributed by atoms with van der Waals surface area (Å²) in [5, 5.41) is 12.9. The van der Waals surface area contributed by atoms with Gasteiger partial charge in [-0.15, -0.1) is 0 Å². The molecule has 13 heteroatoms. The fourth-order valence-corrected chi connectivity index (χ4v) is 8.38. The number of aliphatic hydroxyl groups excluding tert-OH is 1. The number of rotatable bonds is 15. The minimum atomic E-state index is -3.17. The lowest BCUT2D eigenvalue weighted by Crippen LogP contribution is -2.38. The van der Waals surface area contributed by atoms with Crippen molar-refractivity contribution in [1.82, 2.24) is 10.2 Å². The standard InChI is InChI=1S/C30H49N2O8PS2/c1-8-30(6)13-12-25-22(5)27(20(3)21(4)28(25)40-30)39-29(35)31-14-16-43-42-15-10-11-26(34)32-18-24(33)17-23(32)19-38-41(7,36)37-9-2/h23-24,33H,8-19H2,1-7H3,(H,31,35)/t23?,24?,30-,41?/m1/s1. The molecule has 2 aliphatic heterocycles. The first-order valence-electron chi connectivity index (χ1n) is 15.2. The number of hydrogen-bond donors (Lipinski definition) is 2. The molecular weight excluding hydrogens is 611 g/mol. The van der Waals surface area contributed by atoms with E-state index in [1.165, 1.54) is 6.66 Å². The normalized spacial score (nSPS) is 22.9. The molecule has 3 unspecified atom stereocenters. The molecule has 244 valence electrons. The Hall–Kier alpha value is -1.43. The molecule has 2 amide bonds. The molecule has 0 spiro atoms. The fraction of sp³-hybridized carbons (Fsp3) is 0.733. The van der Waals surface area contributed by atoms with Crippen LogP contribution in [-0.4, -0.2) is 84.2 Å². The van der Waals surface area contributed by atoms with Crippen LogP contribution in [-0.2, 0) is 24.8 Å². The molecule has 0 aliphatic carbocycles. The van der Waals surface area contributed by atoms with Crippen molar-refractivity contribution < 1.29 is 37.8 Å². The van der Waals surface area contributed by atoms with Crippen molar-refractivity contribution in [3.05, 3.63) is 22.3 Å². The maximum atomic E-state index is 12.8. The van der Waals surface area contributed by atoms with E-state index in [-0.39, 0.29) is 37.3 Å². The summed E-state index contributed by atoms with van der Waals surface area (Å²) in [5.41, 5.74) is 3.87. The molecule has 10 nitrogen and oxygen atoms in total. The lowest BCUT2D eigenvalue weighted by atomic mass is 9.86. The van der Waals surface area contributed by atoms with E-state index in [2.05, 4.69) is 19.2 Å². The van der Waals surface area contributed by atoms with Gasteiger partial charge < -0.3 is 33.8 Å². The Morgan fingerprint density at radius 2 is 1.86 bits per heavy atom. The molecule has 0 radical (unpaired) electrons. The highest BCUT2D eigenvalue weighted by molar-refractivity contribution is 8.76. The zero-order valence-corrected chi connectivity index (χ0v) is 29.2. The molecule has 1 fully saturated rings. The number of hydrogen-bond acceptors (Lipinski definition) is 10. The third-order valence-corrected chi connectivity index (χ3v) is 12.1. The largest absolute Gasteiger partial charge is 0.487 e. The number of aliphatic hydroxyl groups is 1. The Balaban J connectivity index is 1.34. The Morgan fingerprint density at radius 3 is 2.56 bits per heavy atom. The van der Waals surface area contributed by atoms with E-state index < -0.39 is 19.8 Å². The van der Waals surface area contributed by atoms with Gasteiger partial charge in [-0.1, -0.05) is 28.5 Å². The molecule has 0 aromatic heterocycles. The molecule has 2 aliphatic rings. The van der Waals surface area contributed by atoms with Crippen LogP contribution in [0.1, 0.15) is 75.1 Å². The molecule has 4 atom stereocenters. The SMILES string of the molecule is CCOP(C)(=O)OCC1CC(O)CN1C(=O)CCCSSCCNC(=O)Oc1c(C)c(C)c2c(c1C)CC[C@@](C)(CC)O2. The maximum absolute atomic E-state index is 12.8. The fourth-order valence-electron chi connectivity index (χ4n) is 5.40. The Bertz CT molecular complexity index is 1190. The van der Waals surface area contributed by atoms with Crippen molar-refractivity contribution in [2.24, 2.45) is 0 Å². The van der Waals surface area contributed by atoms with Crippen molar-refractivity contribution in [3.63, 3.8) is 0 Å². The highest BCUT2D eigenvalue weighted by Gasteiger charge is 2.36. The van der Waals surface area contributed by atoms with Gasteiger partial charge in [-0.05, 0) is 83.4 Å². The summed E-state index contributed by atoms with van der Waals surface area (Å²) in [7, 11) is 0.115. The summed E-state index contributed by atoms with van der Waals surface area (Å²) < 4.78 is 35.0. The van der Waals surface area contributed by atoms with Crippen molar-refractivity contribution in [3.8, 4) is 11.5 Å².